The van der Waals surface area contributed by atoms with Crippen molar-refractivity contribution in [2.24, 2.45) is 5.92 Å². The number of amides is 1. The third-order valence-electron chi connectivity index (χ3n) is 4.30. The number of nitrogens with zero attached hydrogens (tertiary/aromatic N) is 2. The minimum atomic E-state index is -0.283. The molecule has 0 bridgehead atoms. The Morgan fingerprint density at radius 2 is 2.12 bits per heavy atom. The van der Waals surface area contributed by atoms with Crippen molar-refractivity contribution in [3.63, 3.8) is 0 Å². The van der Waals surface area contributed by atoms with Gasteiger partial charge in [-0.25, -0.2) is 9.37 Å². The summed E-state index contributed by atoms with van der Waals surface area (Å²) in [7, 11) is 1.53. The SMILES string of the molecule is COc1cc(C(=O)N2CCC[C@H](COc3ccc(F)cc3)C2)ccn1. The van der Waals surface area contributed by atoms with Gasteiger partial charge in [0.2, 0.25) is 5.88 Å². The standard InChI is InChI=1S/C19H21FN2O3/c1-24-18-11-15(8-9-21-18)19(23)22-10-2-3-14(12-22)13-25-17-6-4-16(20)5-7-17/h4-9,11,14H,2-3,10,12-13H2,1H3/t14-/m0/s1. The summed E-state index contributed by atoms with van der Waals surface area (Å²) in [5, 5.41) is 0. The number of aromatic nitrogens is 1. The lowest BCUT2D eigenvalue weighted by atomic mass is 9.98. The van der Waals surface area contributed by atoms with Crippen molar-refractivity contribution in [1.82, 2.24) is 9.88 Å². The van der Waals surface area contributed by atoms with Gasteiger partial charge in [0.1, 0.15) is 11.6 Å². The molecule has 0 aliphatic carbocycles. The van der Waals surface area contributed by atoms with Gasteiger partial charge in [-0.1, -0.05) is 0 Å². The molecule has 5 nitrogen and oxygen atoms in total. The molecule has 1 aliphatic heterocycles. The number of likely N-dealkylation sites (tertiary alicyclic amines) is 1. The Bertz CT molecular complexity index is 721. The van der Waals surface area contributed by atoms with Crippen LogP contribution in [0.15, 0.2) is 42.6 Å². The van der Waals surface area contributed by atoms with Crippen LogP contribution in [0, 0.1) is 11.7 Å². The van der Waals surface area contributed by atoms with Gasteiger partial charge in [-0.15, -0.1) is 0 Å². The highest BCUT2D eigenvalue weighted by Crippen LogP contribution is 2.21. The van der Waals surface area contributed by atoms with E-state index < -0.39 is 0 Å². The van der Waals surface area contributed by atoms with E-state index in [1.807, 2.05) is 4.90 Å². The van der Waals surface area contributed by atoms with Crippen LogP contribution in [-0.4, -0.2) is 42.6 Å². The molecule has 2 heterocycles. The Kier molecular flexibility index (Phi) is 5.48. The van der Waals surface area contributed by atoms with Gasteiger partial charge in [0.05, 0.1) is 13.7 Å². The Labute approximate surface area is 146 Å². The van der Waals surface area contributed by atoms with Crippen LogP contribution in [0.4, 0.5) is 4.39 Å². The molecule has 0 radical (unpaired) electrons. The van der Waals surface area contributed by atoms with Gasteiger partial charge >= 0.3 is 0 Å². The van der Waals surface area contributed by atoms with Crippen molar-refractivity contribution in [3.8, 4) is 11.6 Å². The van der Waals surface area contributed by atoms with Crippen molar-refractivity contribution >= 4 is 5.91 Å². The summed E-state index contributed by atoms with van der Waals surface area (Å²) in [6, 6.07) is 9.34. The third-order valence-corrected chi connectivity index (χ3v) is 4.30. The minimum absolute atomic E-state index is 0.0211. The number of ether oxygens (including phenoxy) is 2. The molecule has 3 rings (SSSR count). The molecular weight excluding hydrogens is 323 g/mol. The minimum Gasteiger partial charge on any atom is -0.493 e. The number of rotatable bonds is 5. The summed E-state index contributed by atoms with van der Waals surface area (Å²) in [4.78, 5) is 18.6. The first-order valence-corrected chi connectivity index (χ1v) is 8.33. The van der Waals surface area contributed by atoms with E-state index in [0.717, 1.165) is 19.4 Å². The number of piperidine rings is 1. The first-order valence-electron chi connectivity index (χ1n) is 8.33. The molecule has 1 aromatic heterocycles. The van der Waals surface area contributed by atoms with E-state index in [2.05, 4.69) is 4.98 Å². The van der Waals surface area contributed by atoms with E-state index in [0.29, 0.717) is 30.3 Å². The molecule has 0 saturated carbocycles. The van der Waals surface area contributed by atoms with E-state index >= 15 is 0 Å². The molecule has 0 unspecified atom stereocenters. The number of benzene rings is 1. The molecular formula is C19H21FN2O3. The number of methoxy groups -OCH3 is 1. The Morgan fingerprint density at radius 1 is 1.32 bits per heavy atom. The van der Waals surface area contributed by atoms with Crippen LogP contribution in [-0.2, 0) is 0 Å². The monoisotopic (exact) mass is 344 g/mol. The maximum atomic E-state index is 12.9. The van der Waals surface area contributed by atoms with Crippen LogP contribution in [0.2, 0.25) is 0 Å². The number of halogens is 1. The van der Waals surface area contributed by atoms with Gasteiger partial charge < -0.3 is 14.4 Å². The van der Waals surface area contributed by atoms with Gasteiger partial charge in [0.25, 0.3) is 5.91 Å². The quantitative estimate of drug-likeness (QED) is 0.836. The molecule has 6 heteroatoms. The smallest absolute Gasteiger partial charge is 0.254 e. The molecule has 1 aromatic carbocycles. The average Bonchev–Trinajstić information content (AvgIpc) is 2.67. The summed E-state index contributed by atoms with van der Waals surface area (Å²) >= 11 is 0. The second-order valence-electron chi connectivity index (χ2n) is 6.11. The number of hydrogen-bond acceptors (Lipinski definition) is 4. The number of hydrogen-bond donors (Lipinski definition) is 0. The lowest BCUT2D eigenvalue weighted by Gasteiger charge is -2.32. The zero-order chi connectivity index (χ0) is 17.6. The van der Waals surface area contributed by atoms with Crippen LogP contribution >= 0.6 is 0 Å². The fourth-order valence-corrected chi connectivity index (χ4v) is 2.97. The topological polar surface area (TPSA) is 51.7 Å². The summed E-state index contributed by atoms with van der Waals surface area (Å²) < 4.78 is 23.7. The summed E-state index contributed by atoms with van der Waals surface area (Å²) in [5.74, 6) is 1.02. The summed E-state index contributed by atoms with van der Waals surface area (Å²) in [6.07, 6.45) is 3.52. The predicted octanol–water partition coefficient (Wildman–Crippen LogP) is 3.16. The highest BCUT2D eigenvalue weighted by atomic mass is 19.1. The molecule has 2 aromatic rings. The maximum absolute atomic E-state index is 12.9. The molecule has 1 aliphatic rings. The highest BCUT2D eigenvalue weighted by Gasteiger charge is 2.25. The molecule has 0 spiro atoms. The van der Waals surface area contributed by atoms with Crippen LogP contribution in [0.3, 0.4) is 0 Å². The van der Waals surface area contributed by atoms with Gasteiger partial charge in [-0.05, 0) is 43.2 Å². The first-order chi connectivity index (χ1) is 12.2. The lowest BCUT2D eigenvalue weighted by molar-refractivity contribution is 0.0633. The fourth-order valence-electron chi connectivity index (χ4n) is 2.97. The normalized spacial score (nSPS) is 17.2. The van der Waals surface area contributed by atoms with Crippen molar-refractivity contribution in [2.75, 3.05) is 26.8 Å². The largest absolute Gasteiger partial charge is 0.493 e. The van der Waals surface area contributed by atoms with E-state index in [9.17, 15) is 9.18 Å². The summed E-state index contributed by atoms with van der Waals surface area (Å²) in [6.45, 7) is 1.89. The fraction of sp³-hybridized carbons (Fsp3) is 0.368. The zero-order valence-electron chi connectivity index (χ0n) is 14.2. The lowest BCUT2D eigenvalue weighted by Crippen LogP contribution is -2.41. The second kappa shape index (κ2) is 7.96. The van der Waals surface area contributed by atoms with Crippen molar-refractivity contribution in [1.29, 1.82) is 0 Å². The second-order valence-corrected chi connectivity index (χ2v) is 6.11. The Hall–Kier alpha value is -2.63. The molecule has 1 atom stereocenters. The Morgan fingerprint density at radius 3 is 2.88 bits per heavy atom. The molecule has 0 N–H and O–H groups in total. The van der Waals surface area contributed by atoms with Crippen molar-refractivity contribution in [3.05, 3.63) is 54.0 Å². The van der Waals surface area contributed by atoms with Crippen molar-refractivity contribution < 1.29 is 18.7 Å². The highest BCUT2D eigenvalue weighted by molar-refractivity contribution is 5.94. The van der Waals surface area contributed by atoms with E-state index in [1.165, 1.54) is 19.2 Å². The number of pyridine rings is 1. The first kappa shape index (κ1) is 17.2. The van der Waals surface area contributed by atoms with Crippen molar-refractivity contribution in [2.45, 2.75) is 12.8 Å². The number of carbonyl (C=O) groups is 1. The molecule has 25 heavy (non-hydrogen) atoms. The van der Waals surface area contributed by atoms with Gasteiger partial charge in [-0.2, -0.15) is 0 Å². The number of carbonyl (C=O) groups excluding carboxylic acids is 1. The maximum Gasteiger partial charge on any atom is 0.254 e. The van der Waals surface area contributed by atoms with E-state index in [-0.39, 0.29) is 17.6 Å². The van der Waals surface area contributed by atoms with Gasteiger partial charge in [0.15, 0.2) is 0 Å². The Balaban J connectivity index is 1.58. The molecule has 1 amide bonds. The van der Waals surface area contributed by atoms with Gasteiger partial charge in [-0.3, -0.25) is 4.79 Å². The average molecular weight is 344 g/mol. The van der Waals surface area contributed by atoms with E-state index in [4.69, 9.17) is 9.47 Å². The zero-order valence-corrected chi connectivity index (χ0v) is 14.2. The van der Waals surface area contributed by atoms with Crippen LogP contribution in [0.5, 0.6) is 11.6 Å². The van der Waals surface area contributed by atoms with Crippen LogP contribution in [0.1, 0.15) is 23.2 Å². The van der Waals surface area contributed by atoms with Crippen LogP contribution < -0.4 is 9.47 Å². The third kappa shape index (κ3) is 4.47. The summed E-state index contributed by atoms with van der Waals surface area (Å²) in [5.41, 5.74) is 0.576. The van der Waals surface area contributed by atoms with E-state index in [1.54, 1.807) is 30.5 Å². The predicted molar refractivity (Wildman–Crippen MR) is 91.3 cm³/mol. The van der Waals surface area contributed by atoms with Gasteiger partial charge in [0, 0.05) is 36.8 Å². The molecule has 132 valence electrons. The van der Waals surface area contributed by atoms with Crippen LogP contribution in [0.25, 0.3) is 0 Å². The molecule has 1 fully saturated rings. The molecule has 1 saturated heterocycles.